The quantitative estimate of drug-likeness (QED) is 0.741. The zero-order valence-corrected chi connectivity index (χ0v) is 17.0. The molecule has 0 N–H and O–H groups in total. The molecule has 1 aromatic carbocycles. The van der Waals surface area contributed by atoms with Crippen LogP contribution in [0.15, 0.2) is 47.1 Å². The fourth-order valence-electron chi connectivity index (χ4n) is 2.87. The summed E-state index contributed by atoms with van der Waals surface area (Å²) in [6, 6.07) is 10.8. The lowest BCUT2D eigenvalue weighted by atomic mass is 10.1. The predicted octanol–water partition coefficient (Wildman–Crippen LogP) is 3.58. The van der Waals surface area contributed by atoms with Crippen molar-refractivity contribution in [1.29, 1.82) is 0 Å². The maximum absolute atomic E-state index is 12.7. The van der Waals surface area contributed by atoms with Crippen LogP contribution in [-0.4, -0.2) is 52.8 Å². The third-order valence-corrected chi connectivity index (χ3v) is 4.92. The molecule has 0 unspecified atom stereocenters. The highest BCUT2D eigenvalue weighted by molar-refractivity contribution is 9.10. The molecule has 1 aromatic heterocycles. The van der Waals surface area contributed by atoms with Crippen LogP contribution in [-0.2, 0) is 4.79 Å². The van der Waals surface area contributed by atoms with Gasteiger partial charge in [-0.2, -0.15) is 0 Å². The van der Waals surface area contributed by atoms with Crippen LogP contribution in [0.3, 0.4) is 0 Å². The fourth-order valence-corrected chi connectivity index (χ4v) is 3.13. The molecule has 142 valence electrons. The van der Waals surface area contributed by atoms with Crippen LogP contribution < -0.4 is 4.74 Å². The number of piperazine rings is 1. The first kappa shape index (κ1) is 19.4. The van der Waals surface area contributed by atoms with Gasteiger partial charge in [0.2, 0.25) is 11.8 Å². The van der Waals surface area contributed by atoms with E-state index >= 15 is 0 Å². The van der Waals surface area contributed by atoms with Gasteiger partial charge in [-0.25, -0.2) is 4.98 Å². The fraction of sp³-hybridized carbons (Fsp3) is 0.350. The van der Waals surface area contributed by atoms with Gasteiger partial charge in [-0.1, -0.05) is 29.8 Å². The highest BCUT2D eigenvalue weighted by atomic mass is 79.9. The van der Waals surface area contributed by atoms with Gasteiger partial charge in [-0.15, -0.1) is 0 Å². The molecular weight excluding hydrogens is 410 g/mol. The highest BCUT2D eigenvalue weighted by Crippen LogP contribution is 2.22. The molecule has 1 aliphatic rings. The van der Waals surface area contributed by atoms with Gasteiger partial charge in [0.1, 0.15) is 5.75 Å². The first-order valence-corrected chi connectivity index (χ1v) is 9.71. The Morgan fingerprint density at radius 1 is 1.00 bits per heavy atom. The molecule has 0 radical (unpaired) electrons. The normalized spacial score (nSPS) is 14.4. The van der Waals surface area contributed by atoms with Crippen molar-refractivity contribution >= 4 is 27.7 Å². The molecule has 2 heterocycles. The molecule has 7 heteroatoms. The monoisotopic (exact) mass is 431 g/mol. The molecule has 0 atom stereocenters. The Morgan fingerprint density at radius 2 is 1.63 bits per heavy atom. The minimum atomic E-state index is -0.0747. The van der Waals surface area contributed by atoms with Crippen molar-refractivity contribution in [3.8, 4) is 11.6 Å². The molecule has 0 spiro atoms. The average molecular weight is 432 g/mol. The van der Waals surface area contributed by atoms with E-state index < -0.39 is 0 Å². The number of nitrogens with zero attached hydrogens (tertiary/aromatic N) is 3. The molecule has 1 aliphatic heterocycles. The topological polar surface area (TPSA) is 62.7 Å². The van der Waals surface area contributed by atoms with Crippen LogP contribution in [0.1, 0.15) is 24.2 Å². The van der Waals surface area contributed by atoms with Gasteiger partial charge in [-0.3, -0.25) is 9.59 Å². The summed E-state index contributed by atoms with van der Waals surface area (Å²) in [6.45, 7) is 6.00. The van der Waals surface area contributed by atoms with Crippen LogP contribution in [0, 0.1) is 5.92 Å². The van der Waals surface area contributed by atoms with E-state index in [1.165, 1.54) is 6.20 Å². The van der Waals surface area contributed by atoms with E-state index in [9.17, 15) is 9.59 Å². The summed E-state index contributed by atoms with van der Waals surface area (Å²) in [6.07, 6.45) is 1.53. The van der Waals surface area contributed by atoms with Gasteiger partial charge in [0.25, 0.3) is 5.91 Å². The summed E-state index contributed by atoms with van der Waals surface area (Å²) in [5.41, 5.74) is 0.516. The lowest BCUT2D eigenvalue weighted by molar-refractivity contribution is -0.135. The Kier molecular flexibility index (Phi) is 6.11. The number of aromatic nitrogens is 1. The molecule has 0 aliphatic carbocycles. The largest absolute Gasteiger partial charge is 0.439 e. The Balaban J connectivity index is 1.58. The maximum Gasteiger partial charge on any atom is 0.255 e. The number of rotatable bonds is 4. The molecule has 6 nitrogen and oxygen atoms in total. The highest BCUT2D eigenvalue weighted by Gasteiger charge is 2.26. The number of carbonyl (C=O) groups is 2. The molecule has 2 amide bonds. The van der Waals surface area contributed by atoms with Crippen LogP contribution >= 0.6 is 15.9 Å². The third kappa shape index (κ3) is 4.86. The zero-order chi connectivity index (χ0) is 19.4. The summed E-state index contributed by atoms with van der Waals surface area (Å²) in [5, 5.41) is 0. The van der Waals surface area contributed by atoms with Crippen molar-refractivity contribution in [2.24, 2.45) is 5.92 Å². The van der Waals surface area contributed by atoms with E-state index in [4.69, 9.17) is 4.74 Å². The summed E-state index contributed by atoms with van der Waals surface area (Å²) in [7, 11) is 0. The van der Waals surface area contributed by atoms with Crippen LogP contribution in [0.4, 0.5) is 0 Å². The van der Waals surface area contributed by atoms with Crippen molar-refractivity contribution in [1.82, 2.24) is 14.8 Å². The first-order valence-electron chi connectivity index (χ1n) is 8.91. The number of carbonyl (C=O) groups excluding carboxylic acids is 2. The van der Waals surface area contributed by atoms with Gasteiger partial charge >= 0.3 is 0 Å². The molecule has 1 saturated heterocycles. The Morgan fingerprint density at radius 3 is 2.19 bits per heavy atom. The summed E-state index contributed by atoms with van der Waals surface area (Å²) in [5.74, 6) is 1.15. The van der Waals surface area contributed by atoms with Crippen LogP contribution in [0.2, 0.25) is 0 Å². The van der Waals surface area contributed by atoms with Crippen molar-refractivity contribution in [2.45, 2.75) is 13.8 Å². The lowest BCUT2D eigenvalue weighted by Gasteiger charge is -2.35. The van der Waals surface area contributed by atoms with E-state index in [-0.39, 0.29) is 17.7 Å². The number of pyridine rings is 1. The molecular formula is C20H22BrN3O3. The van der Waals surface area contributed by atoms with E-state index in [0.717, 1.165) is 4.47 Å². The maximum atomic E-state index is 12.7. The molecule has 3 rings (SSSR count). The van der Waals surface area contributed by atoms with Gasteiger partial charge in [0.05, 0.1) is 5.56 Å². The molecule has 27 heavy (non-hydrogen) atoms. The minimum absolute atomic E-state index is 0.0188. The summed E-state index contributed by atoms with van der Waals surface area (Å²) >= 11 is 3.38. The Hall–Kier alpha value is -2.41. The Bertz CT molecular complexity index is 798. The number of halogens is 1. The van der Waals surface area contributed by atoms with E-state index in [2.05, 4.69) is 20.9 Å². The molecule has 1 fully saturated rings. The third-order valence-electron chi connectivity index (χ3n) is 4.39. The average Bonchev–Trinajstić information content (AvgIpc) is 2.69. The van der Waals surface area contributed by atoms with Gasteiger partial charge in [-0.05, 0) is 30.3 Å². The molecule has 2 aromatic rings. The van der Waals surface area contributed by atoms with Crippen molar-refractivity contribution in [2.75, 3.05) is 26.2 Å². The van der Waals surface area contributed by atoms with E-state index in [0.29, 0.717) is 43.4 Å². The molecule has 0 saturated carbocycles. The molecule has 0 bridgehead atoms. The van der Waals surface area contributed by atoms with Crippen molar-refractivity contribution in [3.63, 3.8) is 0 Å². The second kappa shape index (κ2) is 8.52. The first-order chi connectivity index (χ1) is 12.9. The van der Waals surface area contributed by atoms with E-state index in [1.54, 1.807) is 17.0 Å². The predicted molar refractivity (Wildman–Crippen MR) is 106 cm³/mol. The number of benzene rings is 1. The van der Waals surface area contributed by atoms with Crippen LogP contribution in [0.25, 0.3) is 0 Å². The van der Waals surface area contributed by atoms with Gasteiger partial charge < -0.3 is 14.5 Å². The number of ether oxygens (including phenoxy) is 1. The van der Waals surface area contributed by atoms with Gasteiger partial charge in [0.15, 0.2) is 0 Å². The smallest absolute Gasteiger partial charge is 0.255 e. The summed E-state index contributed by atoms with van der Waals surface area (Å²) < 4.78 is 6.65. The number of amides is 2. The van der Waals surface area contributed by atoms with Crippen LogP contribution in [0.5, 0.6) is 11.6 Å². The number of hydrogen-bond acceptors (Lipinski definition) is 4. The standard InChI is InChI=1S/C20H22BrN3O3/c1-14(2)19(25)23-9-11-24(12-10-23)20(26)15-3-8-18(22-13-15)27-17-6-4-16(21)5-7-17/h3-8,13-14H,9-12H2,1-2H3. The second-order valence-electron chi connectivity index (χ2n) is 6.71. The van der Waals surface area contributed by atoms with Crippen molar-refractivity contribution in [3.05, 3.63) is 52.6 Å². The zero-order valence-electron chi connectivity index (χ0n) is 15.4. The lowest BCUT2D eigenvalue weighted by Crippen LogP contribution is -2.51. The SMILES string of the molecule is CC(C)C(=O)N1CCN(C(=O)c2ccc(Oc3ccc(Br)cc3)nc2)CC1. The van der Waals surface area contributed by atoms with Crippen molar-refractivity contribution < 1.29 is 14.3 Å². The van der Waals surface area contributed by atoms with E-state index in [1.807, 2.05) is 43.0 Å². The summed E-state index contributed by atoms with van der Waals surface area (Å²) in [4.78, 5) is 32.5. The Labute approximate surface area is 167 Å². The minimum Gasteiger partial charge on any atom is -0.439 e. The number of hydrogen-bond donors (Lipinski definition) is 0. The second-order valence-corrected chi connectivity index (χ2v) is 7.63. The van der Waals surface area contributed by atoms with Gasteiger partial charge in [0, 0.05) is 48.8 Å².